The van der Waals surface area contributed by atoms with E-state index in [0.29, 0.717) is 0 Å². The zero-order chi connectivity index (χ0) is 13.4. The first-order valence-electron chi connectivity index (χ1n) is 6.58. The van der Waals surface area contributed by atoms with Crippen molar-refractivity contribution >= 4 is 5.69 Å². The molecule has 19 heavy (non-hydrogen) atoms. The number of aryl methyl sites for hydroxylation is 1. The molecule has 98 valence electrons. The minimum absolute atomic E-state index is 0.134. The van der Waals surface area contributed by atoms with Crippen LogP contribution in [0.2, 0.25) is 0 Å². The minimum Gasteiger partial charge on any atom is -0.323 e. The largest absolute Gasteiger partial charge is 0.323 e. The van der Waals surface area contributed by atoms with Crippen LogP contribution in [0.25, 0.3) is 5.69 Å². The molecule has 1 heterocycles. The predicted octanol–water partition coefficient (Wildman–Crippen LogP) is 3.51. The summed E-state index contributed by atoms with van der Waals surface area (Å²) in [4.78, 5) is 10.3. The van der Waals surface area contributed by atoms with E-state index in [2.05, 4.69) is 23.9 Å². The molecular weight excluding hydrogens is 240 g/mol. The van der Waals surface area contributed by atoms with Crippen molar-refractivity contribution in [3.05, 3.63) is 57.9 Å². The molecule has 1 unspecified atom stereocenters. The van der Waals surface area contributed by atoms with E-state index >= 15 is 0 Å². The molecule has 1 aromatic heterocycles. The van der Waals surface area contributed by atoms with E-state index in [9.17, 15) is 10.1 Å². The first-order chi connectivity index (χ1) is 9.13. The van der Waals surface area contributed by atoms with E-state index in [4.69, 9.17) is 0 Å². The molecule has 0 saturated heterocycles. The van der Waals surface area contributed by atoms with E-state index in [1.165, 1.54) is 17.5 Å². The topological polar surface area (TPSA) is 48.1 Å². The zero-order valence-corrected chi connectivity index (χ0v) is 10.9. The highest BCUT2D eigenvalue weighted by atomic mass is 16.6. The third-order valence-corrected chi connectivity index (χ3v) is 3.84. The van der Waals surface area contributed by atoms with E-state index in [0.717, 1.165) is 24.4 Å². The maximum absolute atomic E-state index is 10.6. The molecule has 1 aliphatic carbocycles. The number of rotatable bonds is 2. The lowest BCUT2D eigenvalue weighted by Crippen LogP contribution is -2.08. The van der Waals surface area contributed by atoms with Gasteiger partial charge in [-0.3, -0.25) is 10.1 Å². The highest BCUT2D eigenvalue weighted by molar-refractivity contribution is 5.43. The Morgan fingerprint density at radius 2 is 1.89 bits per heavy atom. The van der Waals surface area contributed by atoms with Crippen molar-refractivity contribution in [3.63, 3.8) is 0 Å². The number of nitro groups is 1. The third kappa shape index (κ3) is 2.26. The fraction of sp³-hybridized carbons (Fsp3) is 0.333. The van der Waals surface area contributed by atoms with Gasteiger partial charge in [0, 0.05) is 30.2 Å². The van der Waals surface area contributed by atoms with Crippen molar-refractivity contribution in [1.82, 2.24) is 4.57 Å². The van der Waals surface area contributed by atoms with Gasteiger partial charge in [0.2, 0.25) is 0 Å². The molecule has 0 aliphatic heterocycles. The van der Waals surface area contributed by atoms with Gasteiger partial charge in [0.05, 0.1) is 4.92 Å². The van der Waals surface area contributed by atoms with Crippen LogP contribution in [0.1, 0.15) is 24.5 Å². The highest BCUT2D eigenvalue weighted by Crippen LogP contribution is 2.27. The first-order valence-corrected chi connectivity index (χ1v) is 6.58. The predicted molar refractivity (Wildman–Crippen MR) is 73.6 cm³/mol. The van der Waals surface area contributed by atoms with Gasteiger partial charge in [-0.25, -0.2) is 0 Å². The summed E-state index contributed by atoms with van der Waals surface area (Å²) in [6.45, 7) is 2.28. The molecule has 0 N–H and O–H groups in total. The van der Waals surface area contributed by atoms with Crippen LogP contribution in [0.4, 0.5) is 5.69 Å². The molecule has 0 fully saturated rings. The second kappa shape index (κ2) is 4.53. The summed E-state index contributed by atoms with van der Waals surface area (Å²) in [5.74, 6) is 0.750. The molecular formula is C15H16N2O2. The van der Waals surface area contributed by atoms with Crippen molar-refractivity contribution in [2.75, 3.05) is 0 Å². The molecule has 0 spiro atoms. The summed E-state index contributed by atoms with van der Waals surface area (Å²) in [7, 11) is 0. The number of hydrogen-bond acceptors (Lipinski definition) is 2. The third-order valence-electron chi connectivity index (χ3n) is 3.84. The van der Waals surface area contributed by atoms with Crippen LogP contribution in [0, 0.1) is 16.0 Å². The molecule has 3 rings (SSSR count). The average Bonchev–Trinajstić information content (AvgIpc) is 2.81. The Labute approximate surface area is 111 Å². The number of hydrogen-bond donors (Lipinski definition) is 0. The summed E-state index contributed by atoms with van der Waals surface area (Å²) >= 11 is 0. The second-order valence-electron chi connectivity index (χ2n) is 5.34. The van der Waals surface area contributed by atoms with E-state index in [1.54, 1.807) is 24.3 Å². The number of benzene rings is 1. The van der Waals surface area contributed by atoms with Crippen LogP contribution in [-0.4, -0.2) is 9.49 Å². The molecule has 1 atom stereocenters. The summed E-state index contributed by atoms with van der Waals surface area (Å²) in [5, 5.41) is 10.6. The molecule has 1 aromatic carbocycles. The Hall–Kier alpha value is -2.10. The van der Waals surface area contributed by atoms with Gasteiger partial charge in [0.25, 0.3) is 5.69 Å². The van der Waals surface area contributed by atoms with Crippen LogP contribution < -0.4 is 0 Å². The highest BCUT2D eigenvalue weighted by Gasteiger charge is 2.17. The molecule has 0 radical (unpaired) electrons. The smallest absolute Gasteiger partial charge is 0.269 e. The summed E-state index contributed by atoms with van der Waals surface area (Å²) < 4.78 is 2.08. The maximum atomic E-state index is 10.6. The quantitative estimate of drug-likeness (QED) is 0.609. The standard InChI is InChI=1S/C15H16N2O2/c1-11-2-3-12-9-16(10-13(12)8-11)14-4-6-15(7-5-14)17(18)19/h4-7,9-11H,2-3,8H2,1H3. The summed E-state index contributed by atoms with van der Waals surface area (Å²) in [6.07, 6.45) is 7.83. The lowest BCUT2D eigenvalue weighted by Gasteiger charge is -2.17. The lowest BCUT2D eigenvalue weighted by atomic mass is 9.88. The number of nitrogens with zero attached hydrogens (tertiary/aromatic N) is 2. The number of fused-ring (bicyclic) bond motifs is 1. The van der Waals surface area contributed by atoms with Gasteiger partial charge >= 0.3 is 0 Å². The van der Waals surface area contributed by atoms with Gasteiger partial charge < -0.3 is 4.57 Å². The second-order valence-corrected chi connectivity index (χ2v) is 5.34. The van der Waals surface area contributed by atoms with Crippen LogP contribution in [-0.2, 0) is 12.8 Å². The SMILES string of the molecule is CC1CCc2cn(-c3ccc([N+](=O)[O-])cc3)cc2C1. The molecule has 4 heteroatoms. The average molecular weight is 256 g/mol. The van der Waals surface area contributed by atoms with Crippen LogP contribution in [0.5, 0.6) is 0 Å². The van der Waals surface area contributed by atoms with Crippen molar-refractivity contribution < 1.29 is 4.92 Å². The number of aromatic nitrogens is 1. The van der Waals surface area contributed by atoms with Gasteiger partial charge in [-0.2, -0.15) is 0 Å². The van der Waals surface area contributed by atoms with Crippen molar-refractivity contribution in [2.45, 2.75) is 26.2 Å². The van der Waals surface area contributed by atoms with Gasteiger partial charge in [0.15, 0.2) is 0 Å². The maximum Gasteiger partial charge on any atom is 0.269 e. The van der Waals surface area contributed by atoms with Gasteiger partial charge in [-0.05, 0) is 48.4 Å². The van der Waals surface area contributed by atoms with E-state index < -0.39 is 0 Å². The molecule has 2 aromatic rings. The fourth-order valence-corrected chi connectivity index (χ4v) is 2.72. The number of nitro benzene ring substituents is 1. The normalized spacial score (nSPS) is 18.1. The molecule has 0 amide bonds. The fourth-order valence-electron chi connectivity index (χ4n) is 2.72. The summed E-state index contributed by atoms with van der Waals surface area (Å²) in [5.41, 5.74) is 3.94. The Morgan fingerprint density at radius 3 is 2.58 bits per heavy atom. The summed E-state index contributed by atoms with van der Waals surface area (Å²) in [6, 6.07) is 6.70. The number of non-ortho nitro benzene ring substituents is 1. The Morgan fingerprint density at radius 1 is 1.21 bits per heavy atom. The molecule has 1 aliphatic rings. The Balaban J connectivity index is 1.92. The Kier molecular flexibility index (Phi) is 2.85. The Bertz CT molecular complexity index is 614. The van der Waals surface area contributed by atoms with Crippen LogP contribution in [0.15, 0.2) is 36.7 Å². The van der Waals surface area contributed by atoms with Gasteiger partial charge in [-0.1, -0.05) is 6.92 Å². The molecule has 0 saturated carbocycles. The molecule has 4 nitrogen and oxygen atoms in total. The molecule has 0 bridgehead atoms. The van der Waals surface area contributed by atoms with E-state index in [1.807, 2.05) is 0 Å². The van der Waals surface area contributed by atoms with Crippen LogP contribution >= 0.6 is 0 Å². The van der Waals surface area contributed by atoms with Gasteiger partial charge in [0.1, 0.15) is 0 Å². The van der Waals surface area contributed by atoms with Crippen molar-refractivity contribution in [3.8, 4) is 5.69 Å². The first kappa shape index (κ1) is 12.0. The monoisotopic (exact) mass is 256 g/mol. The minimum atomic E-state index is -0.369. The zero-order valence-electron chi connectivity index (χ0n) is 10.9. The van der Waals surface area contributed by atoms with E-state index in [-0.39, 0.29) is 10.6 Å². The van der Waals surface area contributed by atoms with Crippen molar-refractivity contribution in [1.29, 1.82) is 0 Å². The van der Waals surface area contributed by atoms with Gasteiger partial charge in [-0.15, -0.1) is 0 Å². The lowest BCUT2D eigenvalue weighted by molar-refractivity contribution is -0.384. The van der Waals surface area contributed by atoms with Crippen molar-refractivity contribution in [2.24, 2.45) is 5.92 Å². The van der Waals surface area contributed by atoms with Crippen LogP contribution in [0.3, 0.4) is 0 Å².